The van der Waals surface area contributed by atoms with Gasteiger partial charge in [0.2, 0.25) is 11.1 Å². The van der Waals surface area contributed by atoms with Crippen molar-refractivity contribution in [1.29, 1.82) is 0 Å². The number of aromatic nitrogens is 4. The number of nitrogens with zero attached hydrogens (tertiary/aromatic N) is 4. The molecule has 0 spiro atoms. The van der Waals surface area contributed by atoms with Crippen LogP contribution < -0.4 is 5.32 Å². The Labute approximate surface area is 166 Å². The number of amides is 1. The number of rotatable bonds is 6. The van der Waals surface area contributed by atoms with Crippen molar-refractivity contribution in [3.8, 4) is 5.69 Å². The standard InChI is InChI=1S/C19H19N5O3S/c1-12-4-7-15(10-13(12)2)20-17(25)11-28-19-21-22-23-24(19)16-8-5-14(6-9-16)18(26)27-3/h4-10H,11H2,1-3H3,(H,20,25). The number of anilines is 1. The van der Waals surface area contributed by atoms with Gasteiger partial charge in [0.25, 0.3) is 0 Å². The summed E-state index contributed by atoms with van der Waals surface area (Å²) in [6, 6.07) is 12.5. The summed E-state index contributed by atoms with van der Waals surface area (Å²) in [5, 5.41) is 14.9. The molecular weight excluding hydrogens is 378 g/mol. The molecule has 3 rings (SSSR count). The van der Waals surface area contributed by atoms with Crippen molar-refractivity contribution >= 4 is 29.3 Å². The van der Waals surface area contributed by atoms with Crippen LogP contribution >= 0.6 is 11.8 Å². The van der Waals surface area contributed by atoms with Crippen LogP contribution in [-0.4, -0.2) is 44.9 Å². The lowest BCUT2D eigenvalue weighted by atomic mass is 10.1. The van der Waals surface area contributed by atoms with Crippen molar-refractivity contribution in [2.75, 3.05) is 18.2 Å². The molecule has 0 bridgehead atoms. The van der Waals surface area contributed by atoms with E-state index in [0.717, 1.165) is 11.3 Å². The normalized spacial score (nSPS) is 10.5. The van der Waals surface area contributed by atoms with E-state index in [4.69, 9.17) is 0 Å². The van der Waals surface area contributed by atoms with E-state index < -0.39 is 5.97 Å². The monoisotopic (exact) mass is 397 g/mol. The smallest absolute Gasteiger partial charge is 0.337 e. The van der Waals surface area contributed by atoms with Crippen molar-refractivity contribution in [3.63, 3.8) is 0 Å². The van der Waals surface area contributed by atoms with Crippen molar-refractivity contribution in [2.24, 2.45) is 0 Å². The van der Waals surface area contributed by atoms with Crippen LogP contribution in [0.2, 0.25) is 0 Å². The van der Waals surface area contributed by atoms with Crippen LogP contribution in [0.25, 0.3) is 5.69 Å². The number of ether oxygens (including phenoxy) is 1. The number of nitrogens with one attached hydrogen (secondary N) is 1. The van der Waals surface area contributed by atoms with E-state index in [-0.39, 0.29) is 11.7 Å². The molecule has 1 heterocycles. The largest absolute Gasteiger partial charge is 0.465 e. The Morgan fingerprint density at radius 1 is 1.11 bits per heavy atom. The Hall–Kier alpha value is -3.20. The average molecular weight is 397 g/mol. The number of hydrogen-bond donors (Lipinski definition) is 1. The minimum atomic E-state index is -0.416. The second-order valence-corrected chi connectivity index (χ2v) is 6.99. The summed E-state index contributed by atoms with van der Waals surface area (Å²) in [6.07, 6.45) is 0. The molecule has 0 unspecified atom stereocenters. The first-order chi connectivity index (χ1) is 13.5. The molecule has 1 N–H and O–H groups in total. The maximum atomic E-state index is 12.2. The number of thioether (sulfide) groups is 1. The number of esters is 1. The molecule has 144 valence electrons. The third-order valence-corrected chi connectivity index (χ3v) is 5.02. The molecule has 1 aromatic heterocycles. The zero-order valence-corrected chi connectivity index (χ0v) is 16.5. The molecule has 0 fully saturated rings. The van der Waals surface area contributed by atoms with Crippen molar-refractivity contribution < 1.29 is 14.3 Å². The first kappa shape index (κ1) is 19.6. The number of carbonyl (C=O) groups excluding carboxylic acids is 2. The maximum Gasteiger partial charge on any atom is 0.337 e. The molecule has 1 amide bonds. The Kier molecular flexibility index (Phi) is 6.05. The highest BCUT2D eigenvalue weighted by molar-refractivity contribution is 7.99. The van der Waals surface area contributed by atoms with Gasteiger partial charge in [0.05, 0.1) is 24.1 Å². The highest BCUT2D eigenvalue weighted by Crippen LogP contribution is 2.20. The fourth-order valence-electron chi connectivity index (χ4n) is 2.43. The lowest BCUT2D eigenvalue weighted by Crippen LogP contribution is -2.14. The minimum Gasteiger partial charge on any atom is -0.465 e. The molecule has 9 heteroatoms. The molecule has 0 radical (unpaired) electrons. The molecule has 0 aliphatic rings. The summed E-state index contributed by atoms with van der Waals surface area (Å²) in [4.78, 5) is 23.8. The SMILES string of the molecule is COC(=O)c1ccc(-n2nnnc2SCC(=O)Nc2ccc(C)c(C)c2)cc1. The number of tetrazole rings is 1. The van der Waals surface area contributed by atoms with E-state index in [1.54, 1.807) is 24.3 Å². The Balaban J connectivity index is 1.64. The van der Waals surface area contributed by atoms with Gasteiger partial charge in [0.1, 0.15) is 0 Å². The van der Waals surface area contributed by atoms with Gasteiger partial charge in [0.15, 0.2) is 0 Å². The quantitative estimate of drug-likeness (QED) is 0.504. The van der Waals surface area contributed by atoms with Crippen LogP contribution in [-0.2, 0) is 9.53 Å². The van der Waals surface area contributed by atoms with E-state index >= 15 is 0 Å². The Morgan fingerprint density at radius 2 is 1.86 bits per heavy atom. The second kappa shape index (κ2) is 8.66. The highest BCUT2D eigenvalue weighted by Gasteiger charge is 2.13. The predicted octanol–water partition coefficient (Wildman–Crippen LogP) is 2.80. The van der Waals surface area contributed by atoms with Crippen molar-refractivity contribution in [3.05, 3.63) is 59.2 Å². The van der Waals surface area contributed by atoms with Crippen LogP contribution in [0.5, 0.6) is 0 Å². The van der Waals surface area contributed by atoms with Crippen LogP contribution in [0.4, 0.5) is 5.69 Å². The van der Waals surface area contributed by atoms with Gasteiger partial charge in [-0.3, -0.25) is 4.79 Å². The Bertz CT molecular complexity index is 1000. The number of aryl methyl sites for hydroxylation is 2. The summed E-state index contributed by atoms with van der Waals surface area (Å²) in [7, 11) is 1.33. The van der Waals surface area contributed by atoms with E-state index in [2.05, 4.69) is 25.6 Å². The van der Waals surface area contributed by atoms with Gasteiger partial charge < -0.3 is 10.1 Å². The molecule has 0 atom stereocenters. The van der Waals surface area contributed by atoms with Crippen LogP contribution in [0.1, 0.15) is 21.5 Å². The molecular formula is C19H19N5O3S. The highest BCUT2D eigenvalue weighted by atomic mass is 32.2. The van der Waals surface area contributed by atoms with Crippen LogP contribution in [0, 0.1) is 13.8 Å². The van der Waals surface area contributed by atoms with E-state index in [0.29, 0.717) is 16.4 Å². The molecule has 0 saturated heterocycles. The first-order valence-corrected chi connectivity index (χ1v) is 9.43. The van der Waals surface area contributed by atoms with Gasteiger partial charge in [-0.1, -0.05) is 17.8 Å². The molecule has 28 heavy (non-hydrogen) atoms. The van der Waals surface area contributed by atoms with Gasteiger partial charge >= 0.3 is 5.97 Å². The zero-order chi connectivity index (χ0) is 20.1. The summed E-state index contributed by atoms with van der Waals surface area (Å²) < 4.78 is 6.19. The summed E-state index contributed by atoms with van der Waals surface area (Å²) in [6.45, 7) is 4.02. The third-order valence-electron chi connectivity index (χ3n) is 4.10. The third kappa shape index (κ3) is 4.55. The van der Waals surface area contributed by atoms with Gasteiger partial charge in [-0.05, 0) is 71.8 Å². The van der Waals surface area contributed by atoms with E-state index in [1.165, 1.54) is 29.1 Å². The molecule has 0 aliphatic heterocycles. The number of benzene rings is 2. The fourth-order valence-corrected chi connectivity index (χ4v) is 3.12. The summed E-state index contributed by atoms with van der Waals surface area (Å²) in [5.41, 5.74) is 4.15. The molecule has 0 aliphatic carbocycles. The zero-order valence-electron chi connectivity index (χ0n) is 15.7. The predicted molar refractivity (Wildman–Crippen MR) is 106 cm³/mol. The molecule has 8 nitrogen and oxygen atoms in total. The topological polar surface area (TPSA) is 99.0 Å². The van der Waals surface area contributed by atoms with Gasteiger partial charge in [-0.15, -0.1) is 5.10 Å². The second-order valence-electron chi connectivity index (χ2n) is 6.05. The molecule has 3 aromatic rings. The van der Waals surface area contributed by atoms with Gasteiger partial charge in [-0.25, -0.2) is 4.79 Å². The van der Waals surface area contributed by atoms with Crippen molar-refractivity contribution in [2.45, 2.75) is 19.0 Å². The lowest BCUT2D eigenvalue weighted by molar-refractivity contribution is -0.113. The first-order valence-electron chi connectivity index (χ1n) is 8.45. The number of hydrogen-bond acceptors (Lipinski definition) is 7. The van der Waals surface area contributed by atoms with E-state index in [1.807, 2.05) is 32.0 Å². The molecule has 0 saturated carbocycles. The van der Waals surface area contributed by atoms with Crippen LogP contribution in [0.3, 0.4) is 0 Å². The van der Waals surface area contributed by atoms with Crippen LogP contribution in [0.15, 0.2) is 47.6 Å². The maximum absolute atomic E-state index is 12.2. The molecule has 2 aromatic carbocycles. The Morgan fingerprint density at radius 3 is 2.54 bits per heavy atom. The fraction of sp³-hybridized carbons (Fsp3) is 0.211. The van der Waals surface area contributed by atoms with E-state index in [9.17, 15) is 9.59 Å². The van der Waals surface area contributed by atoms with Crippen molar-refractivity contribution in [1.82, 2.24) is 20.2 Å². The summed E-state index contributed by atoms with van der Waals surface area (Å²) in [5.74, 6) is -0.405. The summed E-state index contributed by atoms with van der Waals surface area (Å²) >= 11 is 1.22. The van der Waals surface area contributed by atoms with Gasteiger partial charge in [-0.2, -0.15) is 4.68 Å². The number of methoxy groups -OCH3 is 1. The number of carbonyl (C=O) groups is 2. The minimum absolute atomic E-state index is 0.149. The average Bonchev–Trinajstić information content (AvgIpc) is 3.17. The lowest BCUT2D eigenvalue weighted by Gasteiger charge is -2.08. The van der Waals surface area contributed by atoms with Gasteiger partial charge in [0, 0.05) is 5.69 Å².